The number of carbonyl (C=O) groups is 1. The highest BCUT2D eigenvalue weighted by molar-refractivity contribution is 6.03. The van der Waals surface area contributed by atoms with Gasteiger partial charge >= 0.3 is 12.6 Å². The van der Waals surface area contributed by atoms with Gasteiger partial charge in [0.2, 0.25) is 5.88 Å². The number of hydrogen-bond donors (Lipinski definition) is 1. The van der Waals surface area contributed by atoms with E-state index in [1.807, 2.05) is 54.6 Å². The number of aryl methyl sites for hydroxylation is 1. The molecule has 1 N–H and O–H groups in total. The van der Waals surface area contributed by atoms with Crippen molar-refractivity contribution in [2.45, 2.75) is 64.9 Å². The van der Waals surface area contributed by atoms with Crippen LogP contribution in [0.25, 0.3) is 0 Å². The fourth-order valence-electron chi connectivity index (χ4n) is 4.32. The number of nitrogens with one attached hydrogen (secondary N) is 1. The number of urea groups is 1. The first-order valence-electron chi connectivity index (χ1n) is 12.1. The highest BCUT2D eigenvalue weighted by Gasteiger charge is 2.39. The minimum atomic E-state index is -3.05. The molecule has 6 nitrogen and oxygen atoms in total. The zero-order chi connectivity index (χ0) is 25.7. The molecule has 4 rings (SSSR count). The van der Waals surface area contributed by atoms with Gasteiger partial charge in [0.15, 0.2) is 0 Å². The number of amides is 2. The molecule has 2 aromatic carbocycles. The normalized spacial score (nSPS) is 17.1. The van der Waals surface area contributed by atoms with E-state index in [-0.39, 0.29) is 29.6 Å². The topological polar surface area (TPSA) is 63.7 Å². The summed E-state index contributed by atoms with van der Waals surface area (Å²) in [4.78, 5) is 19.4. The van der Waals surface area contributed by atoms with Crippen LogP contribution in [0.2, 0.25) is 0 Å². The van der Waals surface area contributed by atoms with Gasteiger partial charge in [-0.25, -0.2) is 9.78 Å². The Labute approximate surface area is 210 Å². The number of halogens is 2. The Morgan fingerprint density at radius 3 is 2.44 bits per heavy atom. The molecule has 8 heteroatoms. The van der Waals surface area contributed by atoms with E-state index in [2.05, 4.69) is 28.9 Å². The first-order valence-corrected chi connectivity index (χ1v) is 12.1. The summed E-state index contributed by atoms with van der Waals surface area (Å²) in [6, 6.07) is 20.3. The fraction of sp³-hybridized carbons (Fsp3) is 0.357. The molecule has 0 saturated heterocycles. The highest BCUT2D eigenvalue weighted by atomic mass is 19.3. The summed E-state index contributed by atoms with van der Waals surface area (Å²) < 4.78 is 36.6. The maximum Gasteiger partial charge on any atom is 0.388 e. The van der Waals surface area contributed by atoms with Gasteiger partial charge in [0.25, 0.3) is 0 Å². The van der Waals surface area contributed by atoms with Crippen LogP contribution in [0.1, 0.15) is 49.4 Å². The van der Waals surface area contributed by atoms with Crippen LogP contribution in [-0.4, -0.2) is 29.8 Å². The van der Waals surface area contributed by atoms with Gasteiger partial charge < -0.3 is 14.8 Å². The molecule has 0 unspecified atom stereocenters. The second-order valence-corrected chi connectivity index (χ2v) is 9.24. The summed E-state index contributed by atoms with van der Waals surface area (Å²) in [5.41, 5.74) is 3.50. The lowest BCUT2D eigenvalue weighted by atomic mass is 9.86. The van der Waals surface area contributed by atoms with Crippen molar-refractivity contribution in [3.05, 3.63) is 83.6 Å². The molecule has 2 amide bonds. The van der Waals surface area contributed by atoms with Crippen molar-refractivity contribution in [1.82, 2.24) is 4.98 Å². The predicted octanol–water partition coefficient (Wildman–Crippen LogP) is 6.90. The maximum atomic E-state index is 13.6. The second kappa shape index (κ2) is 11.5. The van der Waals surface area contributed by atoms with E-state index < -0.39 is 12.6 Å². The van der Waals surface area contributed by atoms with Crippen LogP contribution in [0.4, 0.5) is 25.0 Å². The van der Waals surface area contributed by atoms with Crippen LogP contribution in [0.3, 0.4) is 0 Å². The summed E-state index contributed by atoms with van der Waals surface area (Å²) in [6.07, 6.45) is 1.36. The number of aromatic nitrogens is 1. The molecule has 0 radical (unpaired) electrons. The molecule has 190 valence electrons. The van der Waals surface area contributed by atoms with E-state index in [0.717, 1.165) is 16.8 Å². The molecule has 1 aliphatic carbocycles. The molecule has 1 aliphatic rings. The lowest BCUT2D eigenvalue weighted by Gasteiger charge is -2.43. The van der Waals surface area contributed by atoms with Crippen LogP contribution in [-0.2, 0) is 11.3 Å². The van der Waals surface area contributed by atoms with Crippen LogP contribution >= 0.6 is 0 Å². The SMILES string of the molecule is Cc1ccc(NC(=O)N(c2ccccc2C(C)C)[C@H]2C[C@@H](OCc3ccccc3)C2)c(OC(F)F)n1. The van der Waals surface area contributed by atoms with Gasteiger partial charge in [-0.2, -0.15) is 8.78 Å². The molecule has 1 saturated carbocycles. The molecule has 0 aliphatic heterocycles. The molecule has 0 bridgehead atoms. The quantitative estimate of drug-likeness (QED) is 0.351. The van der Waals surface area contributed by atoms with Gasteiger partial charge in [0.1, 0.15) is 5.69 Å². The average molecular weight is 496 g/mol. The van der Waals surface area contributed by atoms with E-state index in [1.54, 1.807) is 17.9 Å². The van der Waals surface area contributed by atoms with Crippen molar-refractivity contribution in [1.29, 1.82) is 0 Å². The number of anilines is 2. The largest absolute Gasteiger partial charge is 0.415 e. The third-order valence-electron chi connectivity index (χ3n) is 6.24. The van der Waals surface area contributed by atoms with Crippen molar-refractivity contribution in [2.24, 2.45) is 0 Å². The third kappa shape index (κ3) is 6.18. The Hall–Kier alpha value is -3.52. The Bertz CT molecular complexity index is 1170. The van der Waals surface area contributed by atoms with Gasteiger partial charge in [-0.3, -0.25) is 4.90 Å². The van der Waals surface area contributed by atoms with E-state index >= 15 is 0 Å². The Balaban J connectivity index is 1.54. The minimum Gasteiger partial charge on any atom is -0.415 e. The summed E-state index contributed by atoms with van der Waals surface area (Å²) in [5, 5.41) is 2.75. The van der Waals surface area contributed by atoms with E-state index in [4.69, 9.17) is 4.74 Å². The third-order valence-corrected chi connectivity index (χ3v) is 6.24. The summed E-state index contributed by atoms with van der Waals surface area (Å²) in [7, 11) is 0. The van der Waals surface area contributed by atoms with Gasteiger partial charge in [0, 0.05) is 17.4 Å². The summed E-state index contributed by atoms with van der Waals surface area (Å²) in [6.45, 7) is 3.26. The molecule has 0 spiro atoms. The molecule has 3 aromatic rings. The fourth-order valence-corrected chi connectivity index (χ4v) is 4.32. The number of para-hydroxylation sites is 1. The lowest BCUT2D eigenvalue weighted by Crippen LogP contribution is -2.52. The van der Waals surface area contributed by atoms with E-state index in [0.29, 0.717) is 25.1 Å². The molecule has 1 fully saturated rings. The smallest absolute Gasteiger partial charge is 0.388 e. The van der Waals surface area contributed by atoms with Crippen molar-refractivity contribution < 1.29 is 23.0 Å². The molecule has 1 heterocycles. The molecule has 1 aromatic heterocycles. The average Bonchev–Trinajstić information content (AvgIpc) is 2.82. The van der Waals surface area contributed by atoms with Gasteiger partial charge in [-0.05, 0) is 55.0 Å². The predicted molar refractivity (Wildman–Crippen MR) is 136 cm³/mol. The Morgan fingerprint density at radius 2 is 1.75 bits per heavy atom. The minimum absolute atomic E-state index is 0.0236. The van der Waals surface area contributed by atoms with E-state index in [9.17, 15) is 13.6 Å². The molecule has 36 heavy (non-hydrogen) atoms. The standard InChI is InChI=1S/C28H31F2N3O3/c1-18(2)23-11-7-8-12-25(23)33(21-15-22(16-21)35-17-20-9-5-4-6-10-20)28(34)32-24-14-13-19(3)31-26(24)36-27(29)30/h4-14,18,21-22,27H,15-17H2,1-3H3,(H,32,34)/t21-,22+. The molecular formula is C28H31F2N3O3. The number of benzene rings is 2. The highest BCUT2D eigenvalue weighted by Crippen LogP contribution is 2.37. The zero-order valence-corrected chi connectivity index (χ0v) is 20.7. The first-order chi connectivity index (χ1) is 17.3. The van der Waals surface area contributed by atoms with Gasteiger partial charge in [-0.15, -0.1) is 0 Å². The van der Waals surface area contributed by atoms with E-state index in [1.165, 1.54) is 6.07 Å². The number of hydrogen-bond acceptors (Lipinski definition) is 4. The second-order valence-electron chi connectivity index (χ2n) is 9.24. The van der Waals surface area contributed by atoms with Crippen molar-refractivity contribution in [3.63, 3.8) is 0 Å². The van der Waals surface area contributed by atoms with Gasteiger partial charge in [-0.1, -0.05) is 62.4 Å². The van der Waals surface area contributed by atoms with Crippen LogP contribution in [0.15, 0.2) is 66.7 Å². The van der Waals surface area contributed by atoms with Crippen molar-refractivity contribution >= 4 is 17.4 Å². The zero-order valence-electron chi connectivity index (χ0n) is 20.7. The Morgan fingerprint density at radius 1 is 1.06 bits per heavy atom. The van der Waals surface area contributed by atoms with Crippen LogP contribution in [0, 0.1) is 6.92 Å². The number of carbonyl (C=O) groups excluding carboxylic acids is 1. The number of ether oxygens (including phenoxy) is 2. The van der Waals surface area contributed by atoms with Crippen molar-refractivity contribution in [2.75, 3.05) is 10.2 Å². The molecular weight excluding hydrogens is 464 g/mol. The monoisotopic (exact) mass is 495 g/mol. The van der Waals surface area contributed by atoms with Crippen LogP contribution in [0.5, 0.6) is 5.88 Å². The maximum absolute atomic E-state index is 13.6. The summed E-state index contributed by atoms with van der Waals surface area (Å²) in [5.74, 6) is -0.131. The number of rotatable bonds is 9. The van der Waals surface area contributed by atoms with Crippen molar-refractivity contribution in [3.8, 4) is 5.88 Å². The number of nitrogens with zero attached hydrogens (tertiary/aromatic N) is 2. The summed E-state index contributed by atoms with van der Waals surface area (Å²) >= 11 is 0. The molecule has 0 atom stereocenters. The lowest BCUT2D eigenvalue weighted by molar-refractivity contribution is -0.0524. The Kier molecular flexibility index (Phi) is 8.15. The first kappa shape index (κ1) is 25.6. The number of alkyl halides is 2. The van der Waals surface area contributed by atoms with Crippen LogP contribution < -0.4 is 15.0 Å². The van der Waals surface area contributed by atoms with Gasteiger partial charge in [0.05, 0.1) is 12.7 Å². The number of pyridine rings is 1.